The fraction of sp³-hybridized carbons (Fsp3) is 0.125. The van der Waals surface area contributed by atoms with Crippen molar-refractivity contribution in [2.24, 2.45) is 0 Å². The van der Waals surface area contributed by atoms with Crippen LogP contribution in [0.15, 0.2) is 59.5 Å². The van der Waals surface area contributed by atoms with Gasteiger partial charge in [0.1, 0.15) is 28.0 Å². The molecule has 0 unspecified atom stereocenters. The summed E-state index contributed by atoms with van der Waals surface area (Å²) in [5, 5.41) is 24.1. The van der Waals surface area contributed by atoms with Crippen LogP contribution in [0, 0.1) is 18.3 Å². The molecule has 1 aromatic heterocycles. The number of phenolic OH excluding ortho intramolecular Hbond substituents is 1. The van der Waals surface area contributed by atoms with Crippen molar-refractivity contribution in [1.82, 2.24) is 0 Å². The highest BCUT2D eigenvalue weighted by Crippen LogP contribution is 2.36. The predicted octanol–water partition coefficient (Wildman–Crippen LogP) is 5.15. The molecular weight excluding hydrogens is 412 g/mol. The SMILES string of the molecule is CCOC(=O)c1c(-c2ccc(C)cc2)csc1NC(=O)C(C#N)=Cc1ccccc1O. The van der Waals surface area contributed by atoms with Crippen molar-refractivity contribution in [3.63, 3.8) is 0 Å². The molecule has 0 aliphatic heterocycles. The highest BCUT2D eigenvalue weighted by atomic mass is 32.1. The number of esters is 1. The van der Waals surface area contributed by atoms with Crippen LogP contribution in [-0.2, 0) is 9.53 Å². The van der Waals surface area contributed by atoms with Crippen molar-refractivity contribution < 1.29 is 19.4 Å². The van der Waals surface area contributed by atoms with Crippen LogP contribution in [-0.4, -0.2) is 23.6 Å². The van der Waals surface area contributed by atoms with Crippen LogP contribution in [0.1, 0.15) is 28.4 Å². The van der Waals surface area contributed by atoms with Crippen molar-refractivity contribution in [1.29, 1.82) is 5.26 Å². The zero-order chi connectivity index (χ0) is 22.4. The summed E-state index contributed by atoms with van der Waals surface area (Å²) in [5.41, 5.74) is 2.91. The van der Waals surface area contributed by atoms with E-state index in [1.165, 1.54) is 23.5 Å². The maximum absolute atomic E-state index is 12.8. The molecule has 6 nitrogen and oxygen atoms in total. The molecule has 0 bridgehead atoms. The Bertz CT molecular complexity index is 1190. The number of amides is 1. The van der Waals surface area contributed by atoms with Crippen LogP contribution in [0.5, 0.6) is 5.75 Å². The molecule has 0 radical (unpaired) electrons. The van der Waals surface area contributed by atoms with E-state index < -0.39 is 11.9 Å². The second kappa shape index (κ2) is 9.74. The maximum atomic E-state index is 12.8. The van der Waals surface area contributed by atoms with Gasteiger partial charge in [-0.2, -0.15) is 5.26 Å². The van der Waals surface area contributed by atoms with Gasteiger partial charge in [-0.25, -0.2) is 4.79 Å². The van der Waals surface area contributed by atoms with Crippen LogP contribution in [0.2, 0.25) is 0 Å². The molecule has 2 N–H and O–H groups in total. The highest BCUT2D eigenvalue weighted by molar-refractivity contribution is 7.15. The molecule has 0 fully saturated rings. The number of benzene rings is 2. The van der Waals surface area contributed by atoms with Gasteiger partial charge in [0.2, 0.25) is 0 Å². The topological polar surface area (TPSA) is 99.4 Å². The molecule has 2 aromatic carbocycles. The number of carbonyl (C=O) groups is 2. The van der Waals surface area contributed by atoms with Gasteiger partial charge in [0.25, 0.3) is 5.91 Å². The van der Waals surface area contributed by atoms with Crippen molar-refractivity contribution >= 4 is 34.3 Å². The first-order valence-corrected chi connectivity index (χ1v) is 10.4. The number of phenols is 1. The molecule has 31 heavy (non-hydrogen) atoms. The first kappa shape index (κ1) is 21.8. The maximum Gasteiger partial charge on any atom is 0.341 e. The Morgan fingerprint density at radius 2 is 1.90 bits per heavy atom. The molecule has 0 atom stereocenters. The second-order valence-corrected chi connectivity index (χ2v) is 7.50. The fourth-order valence-corrected chi connectivity index (χ4v) is 3.84. The van der Waals surface area contributed by atoms with E-state index in [-0.39, 0.29) is 28.5 Å². The molecule has 1 heterocycles. The van der Waals surface area contributed by atoms with Gasteiger partial charge in [-0.3, -0.25) is 4.79 Å². The summed E-state index contributed by atoms with van der Waals surface area (Å²) in [6, 6.07) is 15.9. The molecule has 7 heteroatoms. The number of nitrogens with one attached hydrogen (secondary N) is 1. The van der Waals surface area contributed by atoms with E-state index in [1.807, 2.05) is 37.3 Å². The standard InChI is InChI=1S/C24H20N2O4S/c1-3-30-24(29)21-19(16-10-8-15(2)9-11-16)14-31-23(21)26-22(28)18(13-25)12-17-6-4-5-7-20(17)27/h4-12,14,27H,3H2,1-2H3,(H,26,28). The third kappa shape index (κ3) is 5.00. The second-order valence-electron chi connectivity index (χ2n) is 6.62. The minimum Gasteiger partial charge on any atom is -0.507 e. The molecular formula is C24H20N2O4S. The largest absolute Gasteiger partial charge is 0.507 e. The number of nitriles is 1. The Hall–Kier alpha value is -3.89. The number of aromatic hydroxyl groups is 1. The third-order valence-corrected chi connectivity index (χ3v) is 5.36. The number of aryl methyl sites for hydroxylation is 1. The quantitative estimate of drug-likeness (QED) is 0.319. The van der Waals surface area contributed by atoms with Gasteiger partial charge >= 0.3 is 5.97 Å². The fourth-order valence-electron chi connectivity index (χ4n) is 2.89. The van der Waals surface area contributed by atoms with Gasteiger partial charge in [0.15, 0.2) is 0 Å². The molecule has 3 aromatic rings. The van der Waals surface area contributed by atoms with Gasteiger partial charge in [-0.1, -0.05) is 48.0 Å². The molecule has 0 aliphatic rings. The zero-order valence-electron chi connectivity index (χ0n) is 17.0. The summed E-state index contributed by atoms with van der Waals surface area (Å²) in [7, 11) is 0. The van der Waals surface area contributed by atoms with Crippen molar-refractivity contribution in [2.45, 2.75) is 13.8 Å². The van der Waals surface area contributed by atoms with E-state index in [9.17, 15) is 20.0 Å². The average molecular weight is 433 g/mol. The van der Waals surface area contributed by atoms with Crippen LogP contribution < -0.4 is 5.32 Å². The normalized spacial score (nSPS) is 10.9. The lowest BCUT2D eigenvalue weighted by Gasteiger charge is -2.09. The summed E-state index contributed by atoms with van der Waals surface area (Å²) in [6.07, 6.45) is 1.29. The monoisotopic (exact) mass is 432 g/mol. The van der Waals surface area contributed by atoms with Crippen molar-refractivity contribution in [2.75, 3.05) is 11.9 Å². The number of carbonyl (C=O) groups excluding carboxylic acids is 2. The van der Waals surface area contributed by atoms with Crippen LogP contribution >= 0.6 is 11.3 Å². The van der Waals surface area contributed by atoms with E-state index in [1.54, 1.807) is 30.5 Å². The average Bonchev–Trinajstić information content (AvgIpc) is 3.17. The molecule has 0 spiro atoms. The van der Waals surface area contributed by atoms with E-state index in [2.05, 4.69) is 5.32 Å². The highest BCUT2D eigenvalue weighted by Gasteiger charge is 2.23. The lowest BCUT2D eigenvalue weighted by Crippen LogP contribution is -2.16. The van der Waals surface area contributed by atoms with Crippen LogP contribution in [0.4, 0.5) is 5.00 Å². The van der Waals surface area contributed by atoms with Gasteiger partial charge in [0, 0.05) is 16.5 Å². The summed E-state index contributed by atoms with van der Waals surface area (Å²) >= 11 is 1.18. The number of thiophene rings is 1. The molecule has 0 saturated heterocycles. The molecule has 0 aliphatic carbocycles. The summed E-state index contributed by atoms with van der Waals surface area (Å²) in [5.74, 6) is -1.29. The van der Waals surface area contributed by atoms with Gasteiger partial charge in [0.05, 0.1) is 6.61 Å². The van der Waals surface area contributed by atoms with Gasteiger partial charge in [-0.05, 0) is 31.6 Å². The Labute approximate surface area is 184 Å². The zero-order valence-corrected chi connectivity index (χ0v) is 17.8. The van der Waals surface area contributed by atoms with E-state index in [0.717, 1.165) is 11.1 Å². The minimum atomic E-state index is -0.686. The van der Waals surface area contributed by atoms with Crippen molar-refractivity contribution in [3.05, 3.63) is 76.2 Å². The number of nitrogens with zero attached hydrogens (tertiary/aromatic N) is 1. The Morgan fingerprint density at radius 1 is 1.19 bits per heavy atom. The summed E-state index contributed by atoms with van der Waals surface area (Å²) in [4.78, 5) is 25.4. The Kier molecular flexibility index (Phi) is 6.85. The molecule has 3 rings (SSSR count). The number of hydrogen-bond donors (Lipinski definition) is 2. The van der Waals surface area contributed by atoms with Gasteiger partial charge < -0.3 is 15.2 Å². The van der Waals surface area contributed by atoms with E-state index in [0.29, 0.717) is 11.1 Å². The lowest BCUT2D eigenvalue weighted by molar-refractivity contribution is -0.112. The molecule has 1 amide bonds. The smallest absolute Gasteiger partial charge is 0.341 e. The molecule has 0 saturated carbocycles. The van der Waals surface area contributed by atoms with E-state index >= 15 is 0 Å². The number of hydrogen-bond acceptors (Lipinski definition) is 6. The summed E-state index contributed by atoms with van der Waals surface area (Å²) < 4.78 is 5.20. The first-order valence-electron chi connectivity index (χ1n) is 9.51. The number of ether oxygens (including phenoxy) is 1. The third-order valence-electron chi connectivity index (χ3n) is 4.46. The lowest BCUT2D eigenvalue weighted by atomic mass is 10.0. The number of rotatable bonds is 6. The summed E-state index contributed by atoms with van der Waals surface area (Å²) in [6.45, 7) is 3.86. The van der Waals surface area contributed by atoms with E-state index in [4.69, 9.17) is 4.74 Å². The van der Waals surface area contributed by atoms with Gasteiger partial charge in [-0.15, -0.1) is 11.3 Å². The Morgan fingerprint density at radius 3 is 2.55 bits per heavy atom. The number of para-hydroxylation sites is 1. The minimum absolute atomic E-state index is 0.0481. The predicted molar refractivity (Wildman–Crippen MR) is 121 cm³/mol. The van der Waals surface area contributed by atoms with Crippen molar-refractivity contribution in [3.8, 4) is 22.9 Å². The Balaban J connectivity index is 1.97. The van der Waals surface area contributed by atoms with Crippen LogP contribution in [0.25, 0.3) is 17.2 Å². The number of anilines is 1. The van der Waals surface area contributed by atoms with Crippen LogP contribution in [0.3, 0.4) is 0 Å². The molecule has 156 valence electrons. The first-order chi connectivity index (χ1) is 14.9.